The highest BCUT2D eigenvalue weighted by Crippen LogP contribution is 2.36. The van der Waals surface area contributed by atoms with Gasteiger partial charge < -0.3 is 9.47 Å². The van der Waals surface area contributed by atoms with Crippen LogP contribution in [0, 0.1) is 11.8 Å². The van der Waals surface area contributed by atoms with Gasteiger partial charge in [-0.25, -0.2) is 4.79 Å². The van der Waals surface area contributed by atoms with E-state index in [4.69, 9.17) is 9.47 Å². The van der Waals surface area contributed by atoms with Crippen molar-refractivity contribution < 1.29 is 14.3 Å². The van der Waals surface area contributed by atoms with Crippen LogP contribution in [-0.4, -0.2) is 25.8 Å². The molecule has 1 unspecified atom stereocenters. The van der Waals surface area contributed by atoms with Gasteiger partial charge in [0.05, 0.1) is 13.7 Å². The molecule has 0 radical (unpaired) electrons. The normalized spacial score (nSPS) is 24.1. The van der Waals surface area contributed by atoms with Gasteiger partial charge in [0.15, 0.2) is 6.10 Å². The van der Waals surface area contributed by atoms with Crippen LogP contribution in [0.15, 0.2) is 0 Å². The maximum atomic E-state index is 11.5. The molecule has 2 aliphatic carbocycles. The average Bonchev–Trinajstić information content (AvgIpc) is 2.95. The van der Waals surface area contributed by atoms with Gasteiger partial charge in [-0.05, 0) is 37.5 Å². The molecule has 0 bridgehead atoms. The van der Waals surface area contributed by atoms with Gasteiger partial charge in [0.2, 0.25) is 0 Å². The van der Waals surface area contributed by atoms with Crippen molar-refractivity contribution in [3.8, 4) is 0 Å². The Morgan fingerprint density at radius 2 is 1.93 bits per heavy atom. The Morgan fingerprint density at radius 3 is 2.47 bits per heavy atom. The first kappa shape index (κ1) is 10.9. The number of esters is 1. The minimum absolute atomic E-state index is 0.185. The molecule has 1 atom stereocenters. The summed E-state index contributed by atoms with van der Waals surface area (Å²) in [6, 6.07) is 0. The standard InChI is InChI=1S/C12H20O3/c1-14-12(13)11(10-6-7-10)15-8-9-4-2-3-5-9/h9-11H,2-8H2,1H3. The largest absolute Gasteiger partial charge is 0.467 e. The van der Waals surface area contributed by atoms with E-state index < -0.39 is 0 Å². The van der Waals surface area contributed by atoms with Crippen LogP contribution in [0.4, 0.5) is 0 Å². The first-order valence-corrected chi connectivity index (χ1v) is 6.00. The summed E-state index contributed by atoms with van der Waals surface area (Å²) in [5.74, 6) is 0.922. The van der Waals surface area contributed by atoms with Crippen molar-refractivity contribution in [2.24, 2.45) is 11.8 Å². The summed E-state index contributed by atoms with van der Waals surface area (Å²) in [6.07, 6.45) is 7.11. The first-order valence-electron chi connectivity index (χ1n) is 6.00. The van der Waals surface area contributed by atoms with E-state index >= 15 is 0 Å². The lowest BCUT2D eigenvalue weighted by molar-refractivity contribution is -0.156. The fourth-order valence-electron chi connectivity index (χ4n) is 2.33. The van der Waals surface area contributed by atoms with E-state index in [2.05, 4.69) is 0 Å². The molecule has 0 heterocycles. The molecular formula is C12H20O3. The lowest BCUT2D eigenvalue weighted by Gasteiger charge is -2.17. The average molecular weight is 212 g/mol. The number of hydrogen-bond donors (Lipinski definition) is 0. The number of carbonyl (C=O) groups is 1. The summed E-state index contributed by atoms with van der Waals surface area (Å²) < 4.78 is 10.5. The molecule has 3 heteroatoms. The zero-order valence-electron chi connectivity index (χ0n) is 9.41. The third kappa shape index (κ3) is 2.94. The summed E-state index contributed by atoms with van der Waals surface area (Å²) in [5.41, 5.74) is 0. The third-order valence-electron chi connectivity index (χ3n) is 3.47. The summed E-state index contributed by atoms with van der Waals surface area (Å²) in [5, 5.41) is 0. The zero-order chi connectivity index (χ0) is 10.7. The van der Waals surface area contributed by atoms with Crippen molar-refractivity contribution in [1.82, 2.24) is 0 Å². The number of methoxy groups -OCH3 is 1. The van der Waals surface area contributed by atoms with Gasteiger partial charge in [-0.15, -0.1) is 0 Å². The van der Waals surface area contributed by atoms with Crippen molar-refractivity contribution in [3.63, 3.8) is 0 Å². The molecule has 0 amide bonds. The number of ether oxygens (including phenoxy) is 2. The molecular weight excluding hydrogens is 192 g/mol. The summed E-state index contributed by atoms with van der Waals surface area (Å²) >= 11 is 0. The van der Waals surface area contributed by atoms with E-state index in [1.807, 2.05) is 0 Å². The summed E-state index contributed by atoms with van der Waals surface area (Å²) in [4.78, 5) is 11.5. The molecule has 0 aromatic carbocycles. The van der Waals surface area contributed by atoms with Crippen molar-refractivity contribution in [2.75, 3.05) is 13.7 Å². The van der Waals surface area contributed by atoms with Crippen LogP contribution in [0.25, 0.3) is 0 Å². The smallest absolute Gasteiger partial charge is 0.335 e. The Hall–Kier alpha value is -0.570. The summed E-state index contributed by atoms with van der Waals surface area (Å²) in [7, 11) is 1.44. The molecule has 2 fully saturated rings. The highest BCUT2D eigenvalue weighted by Gasteiger charge is 2.38. The maximum Gasteiger partial charge on any atom is 0.335 e. The number of carbonyl (C=O) groups excluding carboxylic acids is 1. The van der Waals surface area contributed by atoms with Crippen LogP contribution in [-0.2, 0) is 14.3 Å². The van der Waals surface area contributed by atoms with Crippen molar-refractivity contribution in [1.29, 1.82) is 0 Å². The van der Waals surface area contributed by atoms with Gasteiger partial charge in [-0.3, -0.25) is 0 Å². The van der Waals surface area contributed by atoms with Crippen molar-refractivity contribution in [3.05, 3.63) is 0 Å². The Balaban J connectivity index is 1.75. The van der Waals surface area contributed by atoms with E-state index in [0.29, 0.717) is 11.8 Å². The fraction of sp³-hybridized carbons (Fsp3) is 0.917. The Kier molecular flexibility index (Phi) is 3.62. The first-order chi connectivity index (χ1) is 7.31. The quantitative estimate of drug-likeness (QED) is 0.655. The number of rotatable bonds is 5. The molecule has 0 saturated heterocycles. The predicted octanol–water partition coefficient (Wildman–Crippen LogP) is 2.14. The predicted molar refractivity (Wildman–Crippen MR) is 56.4 cm³/mol. The van der Waals surface area contributed by atoms with Crippen molar-refractivity contribution in [2.45, 2.75) is 44.6 Å². The maximum absolute atomic E-state index is 11.5. The molecule has 2 saturated carbocycles. The Morgan fingerprint density at radius 1 is 1.27 bits per heavy atom. The van der Waals surface area contributed by atoms with E-state index in [1.54, 1.807) is 0 Å². The zero-order valence-corrected chi connectivity index (χ0v) is 9.41. The van der Waals surface area contributed by atoms with Gasteiger partial charge in [0.1, 0.15) is 0 Å². The minimum Gasteiger partial charge on any atom is -0.467 e. The molecule has 2 aliphatic rings. The highest BCUT2D eigenvalue weighted by atomic mass is 16.6. The fourth-order valence-corrected chi connectivity index (χ4v) is 2.33. The van der Waals surface area contributed by atoms with Gasteiger partial charge in [-0.2, -0.15) is 0 Å². The van der Waals surface area contributed by atoms with Gasteiger partial charge in [0, 0.05) is 0 Å². The van der Waals surface area contributed by atoms with Gasteiger partial charge >= 0.3 is 5.97 Å². The summed E-state index contributed by atoms with van der Waals surface area (Å²) in [6.45, 7) is 0.746. The molecule has 0 aromatic heterocycles. The van der Waals surface area contributed by atoms with E-state index in [-0.39, 0.29) is 12.1 Å². The van der Waals surface area contributed by atoms with Crippen LogP contribution >= 0.6 is 0 Å². The van der Waals surface area contributed by atoms with Crippen molar-refractivity contribution >= 4 is 5.97 Å². The topological polar surface area (TPSA) is 35.5 Å². The van der Waals surface area contributed by atoms with Crippen LogP contribution in [0.3, 0.4) is 0 Å². The van der Waals surface area contributed by atoms with Crippen LogP contribution in [0.2, 0.25) is 0 Å². The number of hydrogen-bond acceptors (Lipinski definition) is 3. The molecule has 3 nitrogen and oxygen atoms in total. The van der Waals surface area contributed by atoms with Crippen LogP contribution in [0.5, 0.6) is 0 Å². The second-order valence-electron chi connectivity index (χ2n) is 4.77. The second kappa shape index (κ2) is 4.97. The molecule has 15 heavy (non-hydrogen) atoms. The minimum atomic E-state index is -0.282. The molecule has 0 aromatic rings. The molecule has 0 spiro atoms. The third-order valence-corrected chi connectivity index (χ3v) is 3.47. The lowest BCUT2D eigenvalue weighted by atomic mass is 10.1. The molecule has 2 rings (SSSR count). The molecule has 86 valence electrons. The highest BCUT2D eigenvalue weighted by molar-refractivity contribution is 5.75. The van der Waals surface area contributed by atoms with E-state index in [9.17, 15) is 4.79 Å². The van der Waals surface area contributed by atoms with E-state index in [1.165, 1.54) is 32.8 Å². The molecule has 0 N–H and O–H groups in total. The lowest BCUT2D eigenvalue weighted by Crippen LogP contribution is -2.29. The van der Waals surface area contributed by atoms with Crippen LogP contribution < -0.4 is 0 Å². The Bertz CT molecular complexity index is 217. The Labute approximate surface area is 91.1 Å². The monoisotopic (exact) mass is 212 g/mol. The molecule has 0 aliphatic heterocycles. The second-order valence-corrected chi connectivity index (χ2v) is 4.77. The van der Waals surface area contributed by atoms with Crippen LogP contribution in [0.1, 0.15) is 38.5 Å². The SMILES string of the molecule is COC(=O)C(OCC1CCCC1)C1CC1. The van der Waals surface area contributed by atoms with Gasteiger partial charge in [0.25, 0.3) is 0 Å². The van der Waals surface area contributed by atoms with E-state index in [0.717, 1.165) is 19.4 Å². The van der Waals surface area contributed by atoms with Gasteiger partial charge in [-0.1, -0.05) is 12.8 Å².